The van der Waals surface area contributed by atoms with Gasteiger partial charge < -0.3 is 19.1 Å². The number of anilines is 2. The molecule has 37 heavy (non-hydrogen) atoms. The van der Waals surface area contributed by atoms with E-state index in [2.05, 4.69) is 0 Å². The molecule has 2 aromatic carbocycles. The molecule has 1 saturated heterocycles. The molecule has 1 aliphatic rings. The third-order valence-corrected chi connectivity index (χ3v) is 5.97. The molecule has 0 spiro atoms. The number of nitrogens with zero attached hydrogens (tertiary/aromatic N) is 3. The summed E-state index contributed by atoms with van der Waals surface area (Å²) in [6, 6.07) is 8.35. The summed E-state index contributed by atoms with van der Waals surface area (Å²) in [5.41, 5.74) is -3.09. The average Bonchev–Trinajstić information content (AvgIpc) is 3.00. The molecule has 0 radical (unpaired) electrons. The summed E-state index contributed by atoms with van der Waals surface area (Å²) in [7, 11) is 0. The van der Waals surface area contributed by atoms with E-state index in [-0.39, 0.29) is 28.8 Å². The fourth-order valence-corrected chi connectivity index (χ4v) is 4.40. The topological polar surface area (TPSA) is 75.0 Å². The zero-order valence-electron chi connectivity index (χ0n) is 20.6. The van der Waals surface area contributed by atoms with Gasteiger partial charge in [0.15, 0.2) is 23.0 Å². The van der Waals surface area contributed by atoms with Crippen molar-refractivity contribution in [2.24, 2.45) is 0 Å². The highest BCUT2D eigenvalue weighted by Crippen LogP contribution is 2.40. The van der Waals surface area contributed by atoms with Gasteiger partial charge in [-0.3, -0.25) is 9.69 Å². The highest BCUT2D eigenvalue weighted by Gasteiger charge is 2.51. The molecule has 0 unspecified atom stereocenters. The standard InChI is InChI=1S/C25H25F4N3O4S/c1-5-34-21(35-6-2)14-36-20-10-9-17(12-19(20)26)32-23(37)31(22(33)24(32,3)4)16-8-7-15(13-30)18(11-16)25(27,28)29/h7-12,21H,5-6,14H2,1-4H3. The van der Waals surface area contributed by atoms with Gasteiger partial charge in [0.05, 0.1) is 22.9 Å². The molecule has 1 aliphatic heterocycles. The van der Waals surface area contributed by atoms with Crippen LogP contribution in [0.1, 0.15) is 38.8 Å². The van der Waals surface area contributed by atoms with Crippen LogP contribution in [-0.2, 0) is 20.4 Å². The lowest BCUT2D eigenvalue weighted by molar-refractivity contribution is -0.152. The Bertz CT molecular complexity index is 1220. The molecule has 0 bridgehead atoms. The van der Waals surface area contributed by atoms with Gasteiger partial charge in [-0.2, -0.15) is 18.4 Å². The quantitative estimate of drug-likeness (QED) is 0.240. The first-order valence-corrected chi connectivity index (χ1v) is 11.7. The second-order valence-electron chi connectivity index (χ2n) is 8.42. The SMILES string of the molecule is CCOC(COc1ccc(N2C(=S)N(c3ccc(C#N)c(C(F)(F)F)c3)C(=O)C2(C)C)cc1F)OCC. The summed E-state index contributed by atoms with van der Waals surface area (Å²) in [5.74, 6) is -1.44. The van der Waals surface area contributed by atoms with Crippen LogP contribution in [0.3, 0.4) is 0 Å². The van der Waals surface area contributed by atoms with Crippen LogP contribution in [0.25, 0.3) is 0 Å². The number of halogens is 4. The zero-order valence-corrected chi connectivity index (χ0v) is 21.4. The zero-order chi connectivity index (χ0) is 27.5. The molecule has 2 aromatic rings. The lowest BCUT2D eigenvalue weighted by atomic mass is 10.0. The number of rotatable bonds is 9. The molecule has 0 aromatic heterocycles. The Labute approximate surface area is 217 Å². The third-order valence-electron chi connectivity index (χ3n) is 5.61. The van der Waals surface area contributed by atoms with E-state index in [1.165, 1.54) is 43.0 Å². The molecule has 1 fully saturated rings. The summed E-state index contributed by atoms with van der Waals surface area (Å²) in [6.45, 7) is 7.32. The van der Waals surface area contributed by atoms with Crippen LogP contribution in [0, 0.1) is 17.1 Å². The van der Waals surface area contributed by atoms with Crippen LogP contribution < -0.4 is 14.5 Å². The van der Waals surface area contributed by atoms with Crippen LogP contribution in [0.2, 0.25) is 0 Å². The number of thiocarbonyl (C=S) groups is 1. The molecule has 0 atom stereocenters. The van der Waals surface area contributed by atoms with Gasteiger partial charge >= 0.3 is 6.18 Å². The van der Waals surface area contributed by atoms with Gasteiger partial charge in [-0.05, 0) is 70.2 Å². The number of hydrogen-bond acceptors (Lipinski definition) is 6. The van der Waals surface area contributed by atoms with Crippen molar-refractivity contribution >= 4 is 34.6 Å². The van der Waals surface area contributed by atoms with E-state index in [1.807, 2.05) is 0 Å². The molecule has 0 aliphatic carbocycles. The molecule has 3 rings (SSSR count). The monoisotopic (exact) mass is 539 g/mol. The van der Waals surface area contributed by atoms with Crippen molar-refractivity contribution in [3.05, 3.63) is 53.3 Å². The number of benzene rings is 2. The first-order chi connectivity index (χ1) is 17.4. The van der Waals surface area contributed by atoms with Crippen LogP contribution in [-0.4, -0.2) is 42.7 Å². The first kappa shape index (κ1) is 28.3. The maximum Gasteiger partial charge on any atom is 0.417 e. The Kier molecular flexibility index (Phi) is 8.42. The first-order valence-electron chi connectivity index (χ1n) is 11.3. The number of ether oxygens (including phenoxy) is 3. The van der Waals surface area contributed by atoms with Crippen molar-refractivity contribution in [3.8, 4) is 11.8 Å². The van der Waals surface area contributed by atoms with Gasteiger partial charge in [0, 0.05) is 25.0 Å². The van der Waals surface area contributed by atoms with Crippen LogP contribution in [0.15, 0.2) is 36.4 Å². The molecule has 1 amide bonds. The summed E-state index contributed by atoms with van der Waals surface area (Å²) >= 11 is 5.47. The van der Waals surface area contributed by atoms with E-state index < -0.39 is 40.9 Å². The van der Waals surface area contributed by atoms with Gasteiger partial charge in [0.1, 0.15) is 12.1 Å². The van der Waals surface area contributed by atoms with Crippen molar-refractivity contribution in [2.75, 3.05) is 29.6 Å². The minimum atomic E-state index is -4.82. The summed E-state index contributed by atoms with van der Waals surface area (Å²) < 4.78 is 71.7. The molecule has 1 heterocycles. The Balaban J connectivity index is 1.92. The molecule has 12 heteroatoms. The van der Waals surface area contributed by atoms with Crippen LogP contribution in [0.5, 0.6) is 5.75 Å². The minimum Gasteiger partial charge on any atom is -0.485 e. The highest BCUT2D eigenvalue weighted by molar-refractivity contribution is 7.81. The summed E-state index contributed by atoms with van der Waals surface area (Å²) in [5, 5.41) is 8.92. The number of carbonyl (C=O) groups is 1. The minimum absolute atomic E-state index is 0.0575. The fourth-order valence-electron chi connectivity index (χ4n) is 3.88. The normalized spacial score (nSPS) is 15.5. The number of hydrogen-bond donors (Lipinski definition) is 0. The highest BCUT2D eigenvalue weighted by atomic mass is 32.1. The number of amides is 1. The second kappa shape index (κ2) is 11.0. The second-order valence-corrected chi connectivity index (χ2v) is 8.79. The molecular weight excluding hydrogens is 514 g/mol. The van der Waals surface area contributed by atoms with E-state index in [4.69, 9.17) is 31.7 Å². The maximum atomic E-state index is 15.0. The van der Waals surface area contributed by atoms with Gasteiger partial charge in [-0.25, -0.2) is 4.39 Å². The predicted octanol–water partition coefficient (Wildman–Crippen LogP) is 5.41. The number of alkyl halides is 3. The smallest absolute Gasteiger partial charge is 0.417 e. The fraction of sp³-hybridized carbons (Fsp3) is 0.400. The lowest BCUT2D eigenvalue weighted by Crippen LogP contribution is -2.44. The Hall–Kier alpha value is -3.27. The maximum absolute atomic E-state index is 15.0. The van der Waals surface area contributed by atoms with E-state index in [9.17, 15) is 22.4 Å². The number of carbonyl (C=O) groups excluding carboxylic acids is 1. The third kappa shape index (κ3) is 5.69. The van der Waals surface area contributed by atoms with Crippen molar-refractivity contribution in [3.63, 3.8) is 0 Å². The van der Waals surface area contributed by atoms with Gasteiger partial charge in [0.25, 0.3) is 5.91 Å². The Morgan fingerprint density at radius 2 is 1.70 bits per heavy atom. The summed E-state index contributed by atoms with van der Waals surface area (Å²) in [4.78, 5) is 15.6. The van der Waals surface area contributed by atoms with Crippen molar-refractivity contribution in [1.82, 2.24) is 0 Å². The van der Waals surface area contributed by atoms with E-state index in [0.29, 0.717) is 19.3 Å². The molecule has 0 saturated carbocycles. The molecule has 0 N–H and O–H groups in total. The molecule has 198 valence electrons. The van der Waals surface area contributed by atoms with Gasteiger partial charge in [-0.1, -0.05) is 0 Å². The van der Waals surface area contributed by atoms with Crippen molar-refractivity contribution in [1.29, 1.82) is 5.26 Å². The predicted molar refractivity (Wildman–Crippen MR) is 132 cm³/mol. The van der Waals surface area contributed by atoms with E-state index in [1.54, 1.807) is 13.8 Å². The van der Waals surface area contributed by atoms with Crippen LogP contribution >= 0.6 is 12.2 Å². The van der Waals surface area contributed by atoms with E-state index in [0.717, 1.165) is 17.0 Å². The van der Waals surface area contributed by atoms with Gasteiger partial charge in [0.2, 0.25) is 0 Å². The van der Waals surface area contributed by atoms with Gasteiger partial charge in [-0.15, -0.1) is 0 Å². The molecular formula is C25H25F4N3O4S. The largest absolute Gasteiger partial charge is 0.485 e. The summed E-state index contributed by atoms with van der Waals surface area (Å²) in [6.07, 6.45) is -5.50. The molecule has 7 nitrogen and oxygen atoms in total. The van der Waals surface area contributed by atoms with E-state index >= 15 is 0 Å². The van der Waals surface area contributed by atoms with Crippen molar-refractivity contribution < 1.29 is 36.6 Å². The Morgan fingerprint density at radius 3 is 2.24 bits per heavy atom. The van der Waals surface area contributed by atoms with Crippen LogP contribution in [0.4, 0.5) is 28.9 Å². The number of nitriles is 1. The lowest BCUT2D eigenvalue weighted by Gasteiger charge is -2.29. The van der Waals surface area contributed by atoms with Crippen molar-refractivity contribution in [2.45, 2.75) is 45.7 Å². The average molecular weight is 540 g/mol. The Morgan fingerprint density at radius 1 is 1.08 bits per heavy atom.